The summed E-state index contributed by atoms with van der Waals surface area (Å²) in [5, 5.41) is 19.1. The zero-order valence-electron chi connectivity index (χ0n) is 66.4. The van der Waals surface area contributed by atoms with Crippen LogP contribution < -0.4 is 52.9 Å². The maximum atomic E-state index is 12.8. The Hall–Kier alpha value is -5.39. The van der Waals surface area contributed by atoms with E-state index in [0.717, 1.165) is 190 Å². The topological polar surface area (TPSA) is 280 Å². The summed E-state index contributed by atoms with van der Waals surface area (Å²) >= 11 is 6.20. The lowest BCUT2D eigenvalue weighted by Crippen LogP contribution is -2.41. The van der Waals surface area contributed by atoms with E-state index in [4.69, 9.17) is 53.2 Å². The van der Waals surface area contributed by atoms with Gasteiger partial charge in [0.25, 0.3) is 0 Å². The first-order valence-corrected chi connectivity index (χ1v) is 41.8. The van der Waals surface area contributed by atoms with Crippen LogP contribution in [-0.2, 0) is 42.5 Å². The maximum absolute atomic E-state index is 12.8. The molecule has 2 aromatic carbocycles. The fourth-order valence-electron chi connectivity index (χ4n) is 12.8. The predicted octanol–water partition coefficient (Wildman–Crippen LogP) is 14.4. The molecule has 10 aliphatic heterocycles. The van der Waals surface area contributed by atoms with Crippen LogP contribution in [0.3, 0.4) is 0 Å². The molecule has 2 atom stereocenters. The van der Waals surface area contributed by atoms with Gasteiger partial charge in [0, 0.05) is 112 Å². The van der Waals surface area contributed by atoms with Crippen LogP contribution in [0.4, 0.5) is 76.4 Å². The summed E-state index contributed by atoms with van der Waals surface area (Å²) in [6.07, 6.45) is -2.49. The number of carbonyl (C=O) groups excluding carboxylic acids is 2. The van der Waals surface area contributed by atoms with Crippen LogP contribution in [0.25, 0.3) is 11.1 Å². The minimum atomic E-state index is -4.20. The van der Waals surface area contributed by atoms with Gasteiger partial charge in [0.2, 0.25) is 17.8 Å². The van der Waals surface area contributed by atoms with Crippen LogP contribution >= 0.6 is 93.7 Å². The molecule has 0 saturated carbocycles. The van der Waals surface area contributed by atoms with Crippen molar-refractivity contribution in [3.8, 4) is 11.1 Å². The maximum Gasteiger partial charge on any atom is 0.495 e. The number of hydrogen-bond acceptors (Lipinski definition) is 22. The average Bonchev–Trinajstić information content (AvgIpc) is 1.72. The monoisotopic (exact) mass is 2050 g/mol. The van der Waals surface area contributed by atoms with Crippen molar-refractivity contribution in [3.05, 3.63) is 125 Å². The SMILES string of the molecule is C.C.C.C1COCCN1.CC[C@@H]1CCN(C(=O)Nc2ccc(C)c(-c3cc(NC4COC4)nc(N4CCOCC4)c3)c2)C1.Cc1ccc(NC(=O)N2CC[C@@H](CC(F)(F)F)C2)cc1B1OC(C)(C)C(C)(C)O1.Cl.Fc1cc(I)cc(F)n1.Fc1cc(I)cc(NC2COC2)n1.Ic1cc(NC2COC2)nc(N2CCOCC2)c1.NC1COC1.S. The Morgan fingerprint density at radius 1 is 0.538 bits per heavy atom. The van der Waals surface area contributed by atoms with Gasteiger partial charge >= 0.3 is 25.4 Å². The molecule has 0 radical (unpaired) electrons. The van der Waals surface area contributed by atoms with E-state index in [9.17, 15) is 35.9 Å². The Morgan fingerprint density at radius 3 is 1.34 bits per heavy atom. The van der Waals surface area contributed by atoms with Gasteiger partial charge in [-0.25, -0.2) is 24.5 Å². The van der Waals surface area contributed by atoms with Gasteiger partial charge < -0.3 is 99.7 Å². The summed E-state index contributed by atoms with van der Waals surface area (Å²) in [6.45, 7) is 32.4. The van der Waals surface area contributed by atoms with Crippen molar-refractivity contribution in [2.45, 2.75) is 138 Å². The zero-order chi connectivity index (χ0) is 81.5. The van der Waals surface area contributed by atoms with Crippen molar-refractivity contribution >= 4 is 159 Å². The molecule has 14 heterocycles. The number of halogens is 10. The predicted molar refractivity (Wildman–Crippen MR) is 491 cm³/mol. The number of aromatic nitrogens is 4. The van der Waals surface area contributed by atoms with E-state index in [-0.39, 0.29) is 66.8 Å². The minimum absolute atomic E-state index is 0. The second kappa shape index (κ2) is 50.5. The summed E-state index contributed by atoms with van der Waals surface area (Å²) in [4.78, 5) is 49.5. The van der Waals surface area contributed by atoms with Gasteiger partial charge in [-0.2, -0.15) is 44.8 Å². The van der Waals surface area contributed by atoms with Crippen LogP contribution in [0.1, 0.15) is 93.7 Å². The Balaban J connectivity index is 0.000000267. The zero-order valence-corrected chi connectivity index (χ0v) is 74.7. The van der Waals surface area contributed by atoms with E-state index >= 15 is 0 Å². The molecular formula is C81H120BClF6I3N15O11S. The van der Waals surface area contributed by atoms with E-state index in [1.807, 2.05) is 80.3 Å². The lowest BCUT2D eigenvalue weighted by molar-refractivity contribution is -0.143. The van der Waals surface area contributed by atoms with Gasteiger partial charge in [-0.05, 0) is 211 Å². The van der Waals surface area contributed by atoms with E-state index in [1.165, 1.54) is 14.5 Å². The number of urea groups is 2. The number of hydrogen-bond donors (Lipinski definition) is 7. The molecule has 10 fully saturated rings. The van der Waals surface area contributed by atoms with E-state index in [0.29, 0.717) is 91.7 Å². The molecule has 38 heteroatoms. The number of benzene rings is 2. The molecule has 10 saturated heterocycles. The quantitative estimate of drug-likeness (QED) is 0.0231. The van der Waals surface area contributed by atoms with Gasteiger partial charge in [0.1, 0.15) is 29.1 Å². The van der Waals surface area contributed by atoms with E-state index in [2.05, 4.69) is 152 Å². The highest BCUT2D eigenvalue weighted by atomic mass is 127. The number of aryl methyl sites for hydroxylation is 2. The normalized spacial score (nSPS) is 19.7. The van der Waals surface area contributed by atoms with E-state index < -0.39 is 60.7 Å². The molecule has 0 unspecified atom stereocenters. The molecule has 0 bridgehead atoms. The summed E-state index contributed by atoms with van der Waals surface area (Å²) < 4.78 is 126. The van der Waals surface area contributed by atoms with E-state index in [1.54, 1.807) is 12.1 Å². The molecular weight excluding hydrogens is 1930 g/mol. The van der Waals surface area contributed by atoms with Crippen LogP contribution in [-0.4, -0.2) is 248 Å². The number of nitrogens with one attached hydrogen (secondary N) is 6. The van der Waals surface area contributed by atoms with Gasteiger partial charge in [0.15, 0.2) is 0 Å². The first kappa shape index (κ1) is 104. The van der Waals surface area contributed by atoms with Crippen LogP contribution in [0, 0.1) is 54.2 Å². The van der Waals surface area contributed by atoms with Gasteiger partial charge in [-0.3, -0.25) is 0 Å². The van der Waals surface area contributed by atoms with Gasteiger partial charge in [0.05, 0.1) is 128 Å². The highest BCUT2D eigenvalue weighted by Gasteiger charge is 2.52. The molecule has 6 aromatic rings. The van der Waals surface area contributed by atoms with Crippen LogP contribution in [0.15, 0.2) is 84.9 Å². The Bertz CT molecular complexity index is 3990. The van der Waals surface area contributed by atoms with Crippen molar-refractivity contribution < 1.29 is 78.4 Å². The van der Waals surface area contributed by atoms with Crippen molar-refractivity contribution in [1.29, 1.82) is 0 Å². The molecule has 10 aliphatic rings. The average molecular weight is 2050 g/mol. The van der Waals surface area contributed by atoms with Crippen LogP contribution in [0.5, 0.6) is 0 Å². The van der Waals surface area contributed by atoms with Crippen molar-refractivity contribution in [3.63, 3.8) is 0 Å². The number of pyridine rings is 4. The Morgan fingerprint density at radius 2 is 0.941 bits per heavy atom. The molecule has 0 spiro atoms. The van der Waals surface area contributed by atoms with Gasteiger partial charge in [-0.15, -0.1) is 12.4 Å². The summed E-state index contributed by atoms with van der Waals surface area (Å²) in [5.74, 6) is 2.42. The minimum Gasteiger partial charge on any atom is -0.399 e. The molecule has 119 heavy (non-hydrogen) atoms. The Kier molecular flexibility index (Phi) is 44.2. The highest BCUT2D eigenvalue weighted by molar-refractivity contribution is 14.1. The third kappa shape index (κ3) is 33.6. The first-order chi connectivity index (χ1) is 54.5. The number of amides is 4. The Labute approximate surface area is 752 Å². The molecule has 26 nitrogen and oxygen atoms in total. The number of likely N-dealkylation sites (tertiary alicyclic amines) is 2. The van der Waals surface area contributed by atoms with Crippen molar-refractivity contribution in [2.24, 2.45) is 17.6 Å². The number of morpholine rings is 3. The second-order valence-electron chi connectivity index (χ2n) is 30.0. The first-order valence-electron chi connectivity index (χ1n) is 38.6. The molecule has 0 aliphatic carbocycles. The number of nitrogens with zero attached hydrogens (tertiary/aromatic N) is 8. The number of nitrogens with two attached hydrogens (primary N) is 1. The third-order valence-corrected chi connectivity index (χ3v) is 22.2. The fourth-order valence-corrected chi connectivity index (χ4v) is 14.4. The number of rotatable bonds is 14. The van der Waals surface area contributed by atoms with Gasteiger partial charge in [-0.1, -0.05) is 53.3 Å². The summed E-state index contributed by atoms with van der Waals surface area (Å²) in [6, 6.07) is 26.5. The molecule has 664 valence electrons. The standard InChI is InChI=1S/C26H35N5O3.C20H28BF3N2O3.C12H16IN3O2.C8H8FIN2O.C5H2F2IN.C4H9NO.C3H7NO.3CH4.ClH.H2S/c1-3-19-6-7-31(15-19)26(32)28-21-5-4-18(2)23(14-21)20-12-24(27-22-16-34-17-22)29-25(13-20)30-8-10-33-11-9-30;1-13-6-7-15(10-16(13)21-28-18(2,3)19(4,5)29-21)25-17(27)26-9-8-14(12-26)11-20(22,23)24;13-9-5-11(14-10-7-18-8-10)15-12(6-9)16-1-3-17-4-2-16;9-7-1-5(10)2-8(12-7)11-6-3-13-4-6;6-4-1-3(8)2-5(7)9-4;1-3-6-4-2-5-1;4-3-1-5-2-3;;;;;/h4-5,12-14,19,22H,3,6-11,15-17H2,1-2H3,(H,27,29)(H,28,32);6-7,10,14H,8-9,11-12H2,1-5H3,(H,25,27);5-6,10H,1-4,7-8H2,(H,14,15);1-2,6H,3-4H2,(H,11,12);1-2H;5H,1-4H2;3H,1-2,4H2;3*1H4;1H;1H2/t19-;14-;;;;;;;;;;/m10........../s1. The second-order valence-corrected chi connectivity index (χ2v) is 33.8. The molecule has 16 rings (SSSR count). The number of alkyl halides is 3. The number of anilines is 7. The van der Waals surface area contributed by atoms with Crippen LogP contribution in [0.2, 0.25) is 0 Å². The summed E-state index contributed by atoms with van der Waals surface area (Å²) in [7, 11) is -0.556. The molecule has 4 amide bonds. The lowest BCUT2D eigenvalue weighted by atomic mass is 9.76. The third-order valence-electron chi connectivity index (χ3n) is 20.3. The smallest absolute Gasteiger partial charge is 0.399 e. The van der Waals surface area contributed by atoms with Crippen molar-refractivity contribution in [1.82, 2.24) is 35.1 Å². The fraction of sp³-hybridized carbons (Fsp3) is 0.580. The highest BCUT2D eigenvalue weighted by Crippen LogP contribution is 2.38. The molecule has 4 aromatic heterocycles. The molecule has 8 N–H and O–H groups in total. The summed E-state index contributed by atoms with van der Waals surface area (Å²) in [5.41, 5.74) is 10.8. The largest absolute Gasteiger partial charge is 0.495 e. The van der Waals surface area contributed by atoms with Crippen molar-refractivity contribution in [2.75, 3.05) is 194 Å². The lowest BCUT2D eigenvalue weighted by Gasteiger charge is -2.32. The number of ether oxygens (including phenoxy) is 7. The number of carbonyl (C=O) groups is 2.